The second-order valence-electron chi connectivity index (χ2n) is 5.58. The Labute approximate surface area is 127 Å². The summed E-state index contributed by atoms with van der Waals surface area (Å²) >= 11 is 3.28. The van der Waals surface area contributed by atoms with Gasteiger partial charge in [0.25, 0.3) is 5.91 Å². The molecule has 0 bridgehead atoms. The Kier molecular flexibility index (Phi) is 5.16. The average Bonchev–Trinajstić information content (AvgIpc) is 2.88. The second kappa shape index (κ2) is 6.68. The lowest BCUT2D eigenvalue weighted by molar-refractivity contribution is 0.0946. The minimum absolute atomic E-state index is 0.223. The van der Waals surface area contributed by atoms with Crippen LogP contribution in [0.4, 0.5) is 4.39 Å². The third-order valence-electron chi connectivity index (χ3n) is 3.77. The van der Waals surface area contributed by atoms with E-state index in [1.807, 2.05) is 0 Å². The predicted octanol–water partition coefficient (Wildman–Crippen LogP) is 3.05. The van der Waals surface area contributed by atoms with Gasteiger partial charge in [-0.05, 0) is 66.9 Å². The van der Waals surface area contributed by atoms with Crippen LogP contribution in [0.15, 0.2) is 22.7 Å². The fourth-order valence-corrected chi connectivity index (χ4v) is 2.93. The van der Waals surface area contributed by atoms with Gasteiger partial charge in [-0.15, -0.1) is 0 Å². The van der Waals surface area contributed by atoms with Gasteiger partial charge in [-0.1, -0.05) is 0 Å². The van der Waals surface area contributed by atoms with Crippen molar-refractivity contribution in [3.05, 3.63) is 34.1 Å². The van der Waals surface area contributed by atoms with Gasteiger partial charge >= 0.3 is 0 Å². The number of nitrogens with zero attached hydrogens (tertiary/aromatic N) is 1. The van der Waals surface area contributed by atoms with Crippen LogP contribution >= 0.6 is 15.9 Å². The largest absolute Gasteiger partial charge is 0.352 e. The van der Waals surface area contributed by atoms with Crippen molar-refractivity contribution in [2.75, 3.05) is 19.6 Å². The minimum atomic E-state index is -0.398. The molecule has 1 amide bonds. The van der Waals surface area contributed by atoms with Gasteiger partial charge in [0.05, 0.1) is 5.56 Å². The van der Waals surface area contributed by atoms with Crippen molar-refractivity contribution in [3.8, 4) is 0 Å². The van der Waals surface area contributed by atoms with Gasteiger partial charge < -0.3 is 10.2 Å². The number of carbonyl (C=O) groups is 1. The van der Waals surface area contributed by atoms with Crippen molar-refractivity contribution in [2.24, 2.45) is 5.92 Å². The molecule has 1 saturated heterocycles. The first-order valence-corrected chi connectivity index (χ1v) is 7.74. The maximum Gasteiger partial charge on any atom is 0.252 e. The van der Waals surface area contributed by atoms with E-state index >= 15 is 0 Å². The molecule has 1 aromatic carbocycles. The molecule has 1 atom stereocenters. The molecule has 1 aliphatic rings. The van der Waals surface area contributed by atoms with E-state index in [0.29, 0.717) is 28.5 Å². The van der Waals surface area contributed by atoms with Crippen LogP contribution in [0, 0.1) is 11.7 Å². The van der Waals surface area contributed by atoms with E-state index < -0.39 is 5.82 Å². The maximum atomic E-state index is 13.2. The van der Waals surface area contributed by atoms with Crippen molar-refractivity contribution in [1.29, 1.82) is 0 Å². The van der Waals surface area contributed by atoms with Crippen LogP contribution in [0.5, 0.6) is 0 Å². The smallest absolute Gasteiger partial charge is 0.252 e. The van der Waals surface area contributed by atoms with Crippen LogP contribution in [0.1, 0.15) is 30.6 Å². The van der Waals surface area contributed by atoms with Crippen molar-refractivity contribution >= 4 is 21.8 Å². The highest BCUT2D eigenvalue weighted by Crippen LogP contribution is 2.20. The fourth-order valence-electron chi connectivity index (χ4n) is 2.50. The summed E-state index contributed by atoms with van der Waals surface area (Å²) in [6.45, 7) is 7.12. The van der Waals surface area contributed by atoms with Crippen LogP contribution in [0.2, 0.25) is 0 Å². The van der Waals surface area contributed by atoms with Crippen molar-refractivity contribution in [1.82, 2.24) is 10.2 Å². The molecule has 1 aromatic rings. The zero-order chi connectivity index (χ0) is 14.7. The number of halogens is 2. The van der Waals surface area contributed by atoms with Gasteiger partial charge in [0.15, 0.2) is 0 Å². The molecule has 1 unspecified atom stereocenters. The maximum absolute atomic E-state index is 13.2. The normalized spacial score (nSPS) is 19.6. The summed E-state index contributed by atoms with van der Waals surface area (Å²) in [5, 5.41) is 2.91. The lowest BCUT2D eigenvalue weighted by Gasteiger charge is -2.20. The Bertz CT molecular complexity index is 493. The number of likely N-dealkylation sites (tertiary alicyclic amines) is 1. The fraction of sp³-hybridized carbons (Fsp3) is 0.533. The average molecular weight is 343 g/mol. The van der Waals surface area contributed by atoms with Crippen molar-refractivity contribution < 1.29 is 9.18 Å². The Balaban J connectivity index is 1.88. The molecule has 2 rings (SSSR count). The highest BCUT2D eigenvalue weighted by molar-refractivity contribution is 9.10. The Morgan fingerprint density at radius 3 is 2.95 bits per heavy atom. The quantitative estimate of drug-likeness (QED) is 0.911. The molecular weight excluding hydrogens is 323 g/mol. The van der Waals surface area contributed by atoms with Gasteiger partial charge in [0.2, 0.25) is 0 Å². The second-order valence-corrected chi connectivity index (χ2v) is 6.43. The Morgan fingerprint density at radius 2 is 2.30 bits per heavy atom. The highest BCUT2D eigenvalue weighted by atomic mass is 79.9. The first-order valence-electron chi connectivity index (χ1n) is 6.94. The van der Waals surface area contributed by atoms with E-state index in [9.17, 15) is 9.18 Å². The van der Waals surface area contributed by atoms with Crippen LogP contribution in [-0.2, 0) is 0 Å². The molecule has 1 aliphatic heterocycles. The molecule has 0 saturated carbocycles. The third kappa shape index (κ3) is 3.79. The summed E-state index contributed by atoms with van der Waals surface area (Å²) in [5.74, 6) is -0.141. The van der Waals surface area contributed by atoms with Crippen molar-refractivity contribution in [3.63, 3.8) is 0 Å². The predicted molar refractivity (Wildman–Crippen MR) is 81.2 cm³/mol. The van der Waals surface area contributed by atoms with E-state index in [0.717, 1.165) is 19.5 Å². The van der Waals surface area contributed by atoms with E-state index in [1.165, 1.54) is 12.1 Å². The SMILES string of the molecule is CC(C)N1CCC(CNC(=O)c2cc(F)ccc2Br)C1. The van der Waals surface area contributed by atoms with E-state index in [4.69, 9.17) is 0 Å². The standard InChI is InChI=1S/C15H20BrFN2O/c1-10(2)19-6-5-11(9-19)8-18-15(20)13-7-12(17)3-4-14(13)16/h3-4,7,10-11H,5-6,8-9H2,1-2H3,(H,18,20). The lowest BCUT2D eigenvalue weighted by Crippen LogP contribution is -2.33. The number of hydrogen-bond donors (Lipinski definition) is 1. The topological polar surface area (TPSA) is 32.3 Å². The summed E-state index contributed by atoms with van der Waals surface area (Å²) in [6.07, 6.45) is 1.10. The third-order valence-corrected chi connectivity index (χ3v) is 4.46. The molecule has 5 heteroatoms. The molecule has 0 spiro atoms. The van der Waals surface area contributed by atoms with Gasteiger partial charge in [0.1, 0.15) is 5.82 Å². The molecule has 3 nitrogen and oxygen atoms in total. The number of amides is 1. The summed E-state index contributed by atoms with van der Waals surface area (Å²) in [4.78, 5) is 14.5. The summed E-state index contributed by atoms with van der Waals surface area (Å²) in [7, 11) is 0. The van der Waals surface area contributed by atoms with Crippen LogP contribution in [0.25, 0.3) is 0 Å². The number of benzene rings is 1. The molecule has 1 N–H and O–H groups in total. The summed E-state index contributed by atoms with van der Waals surface area (Å²) in [5.41, 5.74) is 0.351. The molecule has 110 valence electrons. The number of carbonyl (C=O) groups excluding carboxylic acids is 1. The molecule has 20 heavy (non-hydrogen) atoms. The van der Waals surface area contributed by atoms with E-state index in [1.54, 1.807) is 6.07 Å². The van der Waals surface area contributed by atoms with Gasteiger partial charge in [-0.2, -0.15) is 0 Å². The number of rotatable bonds is 4. The Morgan fingerprint density at radius 1 is 1.55 bits per heavy atom. The molecule has 1 fully saturated rings. The van der Waals surface area contributed by atoms with Crippen LogP contribution in [-0.4, -0.2) is 36.5 Å². The molecular formula is C15H20BrFN2O. The molecule has 0 aliphatic carbocycles. The van der Waals surface area contributed by atoms with Crippen LogP contribution < -0.4 is 5.32 Å². The first-order chi connectivity index (χ1) is 9.47. The van der Waals surface area contributed by atoms with Gasteiger partial charge in [0, 0.05) is 23.6 Å². The van der Waals surface area contributed by atoms with Gasteiger partial charge in [-0.3, -0.25) is 4.79 Å². The zero-order valence-corrected chi connectivity index (χ0v) is 13.4. The van der Waals surface area contributed by atoms with Crippen LogP contribution in [0.3, 0.4) is 0 Å². The number of hydrogen-bond acceptors (Lipinski definition) is 2. The zero-order valence-electron chi connectivity index (χ0n) is 11.8. The molecule has 0 radical (unpaired) electrons. The lowest BCUT2D eigenvalue weighted by atomic mass is 10.1. The molecule has 1 heterocycles. The van der Waals surface area contributed by atoms with E-state index in [2.05, 4.69) is 40.0 Å². The summed E-state index contributed by atoms with van der Waals surface area (Å²) < 4.78 is 13.8. The minimum Gasteiger partial charge on any atom is -0.352 e. The highest BCUT2D eigenvalue weighted by Gasteiger charge is 2.24. The first kappa shape index (κ1) is 15.4. The van der Waals surface area contributed by atoms with Gasteiger partial charge in [-0.25, -0.2) is 4.39 Å². The Hall–Kier alpha value is -0.940. The van der Waals surface area contributed by atoms with Crippen molar-refractivity contribution in [2.45, 2.75) is 26.3 Å². The monoisotopic (exact) mass is 342 g/mol. The molecule has 0 aromatic heterocycles. The number of nitrogens with one attached hydrogen (secondary N) is 1. The van der Waals surface area contributed by atoms with E-state index in [-0.39, 0.29) is 5.91 Å². The summed E-state index contributed by atoms with van der Waals surface area (Å²) in [6, 6.07) is 4.70.